The fourth-order valence-corrected chi connectivity index (χ4v) is 3.11. The van der Waals surface area contributed by atoms with Crippen LogP contribution >= 0.6 is 0 Å². The van der Waals surface area contributed by atoms with Crippen LogP contribution in [0, 0.1) is 5.82 Å². The molecule has 0 saturated carbocycles. The number of hydrogen-bond donors (Lipinski definition) is 0. The van der Waals surface area contributed by atoms with Crippen LogP contribution in [0.3, 0.4) is 0 Å². The zero-order valence-corrected chi connectivity index (χ0v) is 14.4. The second kappa shape index (κ2) is 7.13. The summed E-state index contributed by atoms with van der Waals surface area (Å²) >= 11 is 0. The first kappa shape index (κ1) is 16.5. The van der Waals surface area contributed by atoms with Crippen molar-refractivity contribution in [1.82, 2.24) is 15.0 Å². The number of rotatable bonds is 5. The Morgan fingerprint density at radius 1 is 1.19 bits per heavy atom. The van der Waals surface area contributed by atoms with Crippen LogP contribution in [0.15, 0.2) is 54.7 Å². The van der Waals surface area contributed by atoms with E-state index in [0.29, 0.717) is 13.2 Å². The first-order valence-electron chi connectivity index (χ1n) is 8.40. The lowest BCUT2D eigenvalue weighted by molar-refractivity contribution is 0.110. The van der Waals surface area contributed by atoms with Crippen LogP contribution in [0.2, 0.25) is 0 Å². The number of hydrogen-bond acceptors (Lipinski definition) is 5. The summed E-state index contributed by atoms with van der Waals surface area (Å²) in [6, 6.07) is 14.2. The van der Waals surface area contributed by atoms with Gasteiger partial charge in [-0.25, -0.2) is 9.07 Å². The normalized spacial score (nSPS) is 16.8. The van der Waals surface area contributed by atoms with Crippen molar-refractivity contribution in [3.05, 3.63) is 71.8 Å². The smallest absolute Gasteiger partial charge is 0.177 e. The van der Waals surface area contributed by atoms with Gasteiger partial charge in [-0.15, -0.1) is 5.10 Å². The van der Waals surface area contributed by atoms with Crippen LogP contribution in [0.5, 0.6) is 5.75 Å². The SMILES string of the molecule is COc1ccccc1N1CCO[C@H]1c1cn(Cc2ccc(F)cc2)nn1. The van der Waals surface area contributed by atoms with Gasteiger partial charge in [-0.3, -0.25) is 0 Å². The molecule has 3 aromatic rings. The molecule has 0 N–H and O–H groups in total. The zero-order chi connectivity index (χ0) is 17.9. The number of halogens is 1. The summed E-state index contributed by atoms with van der Waals surface area (Å²) in [5.74, 6) is 0.543. The highest BCUT2D eigenvalue weighted by Gasteiger charge is 2.31. The van der Waals surface area contributed by atoms with Crippen molar-refractivity contribution in [2.45, 2.75) is 12.8 Å². The van der Waals surface area contributed by atoms with Crippen molar-refractivity contribution in [3.63, 3.8) is 0 Å². The number of methoxy groups -OCH3 is 1. The molecule has 0 unspecified atom stereocenters. The molecule has 0 bridgehead atoms. The van der Waals surface area contributed by atoms with E-state index in [-0.39, 0.29) is 12.0 Å². The molecule has 2 aromatic carbocycles. The number of anilines is 1. The van der Waals surface area contributed by atoms with Crippen molar-refractivity contribution in [2.24, 2.45) is 0 Å². The average molecular weight is 354 g/mol. The van der Waals surface area contributed by atoms with Crippen molar-refractivity contribution < 1.29 is 13.9 Å². The Morgan fingerprint density at radius 3 is 2.81 bits per heavy atom. The summed E-state index contributed by atoms with van der Waals surface area (Å²) < 4.78 is 26.1. The molecule has 134 valence electrons. The molecule has 0 radical (unpaired) electrons. The molecule has 26 heavy (non-hydrogen) atoms. The van der Waals surface area contributed by atoms with Gasteiger partial charge in [0.25, 0.3) is 0 Å². The van der Waals surface area contributed by atoms with Gasteiger partial charge in [0, 0.05) is 6.54 Å². The minimum Gasteiger partial charge on any atom is -0.495 e. The summed E-state index contributed by atoms with van der Waals surface area (Å²) in [5.41, 5.74) is 2.65. The van der Waals surface area contributed by atoms with Crippen LogP contribution < -0.4 is 9.64 Å². The average Bonchev–Trinajstić information content (AvgIpc) is 3.32. The molecule has 6 nitrogen and oxygen atoms in total. The fourth-order valence-electron chi connectivity index (χ4n) is 3.11. The van der Waals surface area contributed by atoms with Crippen molar-refractivity contribution in [2.75, 3.05) is 25.2 Å². The highest BCUT2D eigenvalue weighted by atomic mass is 19.1. The Hall–Kier alpha value is -2.93. The van der Waals surface area contributed by atoms with E-state index in [9.17, 15) is 4.39 Å². The molecule has 0 amide bonds. The monoisotopic (exact) mass is 354 g/mol. The van der Waals surface area contributed by atoms with E-state index in [4.69, 9.17) is 9.47 Å². The maximum atomic E-state index is 13.0. The van der Waals surface area contributed by atoms with Gasteiger partial charge < -0.3 is 14.4 Å². The summed E-state index contributed by atoms with van der Waals surface area (Å²) in [6.07, 6.45) is 1.55. The molecule has 0 spiro atoms. The van der Waals surface area contributed by atoms with Gasteiger partial charge in [0.05, 0.1) is 32.1 Å². The first-order valence-corrected chi connectivity index (χ1v) is 8.40. The number of para-hydroxylation sites is 2. The molecule has 1 fully saturated rings. The highest BCUT2D eigenvalue weighted by Crippen LogP contribution is 2.36. The van der Waals surface area contributed by atoms with Gasteiger partial charge in [0.2, 0.25) is 0 Å². The maximum absolute atomic E-state index is 13.0. The van der Waals surface area contributed by atoms with Crippen LogP contribution in [0.25, 0.3) is 0 Å². The van der Waals surface area contributed by atoms with Gasteiger partial charge in [-0.1, -0.05) is 29.5 Å². The predicted octanol–water partition coefficient (Wildman–Crippen LogP) is 3.01. The summed E-state index contributed by atoms with van der Waals surface area (Å²) in [4.78, 5) is 2.12. The largest absolute Gasteiger partial charge is 0.495 e. The Labute approximate surface area is 150 Å². The number of nitrogens with zero attached hydrogens (tertiary/aromatic N) is 4. The van der Waals surface area contributed by atoms with Crippen LogP contribution in [-0.4, -0.2) is 35.3 Å². The Bertz CT molecular complexity index is 881. The number of ether oxygens (including phenoxy) is 2. The Kier molecular flexibility index (Phi) is 4.53. The van der Waals surface area contributed by atoms with Gasteiger partial charge in [0.1, 0.15) is 17.3 Å². The molecular weight excluding hydrogens is 335 g/mol. The molecular formula is C19H19FN4O2. The third-order valence-corrected chi connectivity index (χ3v) is 4.35. The lowest BCUT2D eigenvalue weighted by Crippen LogP contribution is -2.24. The van der Waals surface area contributed by atoms with E-state index in [2.05, 4.69) is 15.2 Å². The molecule has 4 rings (SSSR count). The minimum atomic E-state index is -0.312. The summed E-state index contributed by atoms with van der Waals surface area (Å²) in [7, 11) is 1.66. The second-order valence-electron chi connectivity index (χ2n) is 6.06. The van der Waals surface area contributed by atoms with Gasteiger partial charge in [-0.05, 0) is 29.8 Å². The standard InChI is InChI=1S/C19H19FN4O2/c1-25-18-5-3-2-4-17(18)24-10-11-26-19(24)16-13-23(22-21-16)12-14-6-8-15(20)9-7-14/h2-9,13,19H,10-12H2,1H3/t19-/m0/s1. The van der Waals surface area contributed by atoms with Crippen LogP contribution in [-0.2, 0) is 11.3 Å². The third-order valence-electron chi connectivity index (χ3n) is 4.35. The lowest BCUT2D eigenvalue weighted by atomic mass is 10.2. The summed E-state index contributed by atoms with van der Waals surface area (Å²) in [6.45, 7) is 1.87. The van der Waals surface area contributed by atoms with Gasteiger partial charge >= 0.3 is 0 Å². The van der Waals surface area contributed by atoms with Crippen molar-refractivity contribution in [3.8, 4) is 5.75 Å². The molecule has 0 aliphatic carbocycles. The number of benzene rings is 2. The van der Waals surface area contributed by atoms with Crippen LogP contribution in [0.1, 0.15) is 17.5 Å². The molecule has 7 heteroatoms. The van der Waals surface area contributed by atoms with Gasteiger partial charge in [-0.2, -0.15) is 0 Å². The molecule has 1 aliphatic rings. The third kappa shape index (κ3) is 3.25. The van der Waals surface area contributed by atoms with E-state index >= 15 is 0 Å². The van der Waals surface area contributed by atoms with E-state index < -0.39 is 0 Å². The van der Waals surface area contributed by atoms with E-state index in [0.717, 1.165) is 29.2 Å². The Balaban J connectivity index is 1.55. The predicted molar refractivity (Wildman–Crippen MR) is 94.6 cm³/mol. The highest BCUT2D eigenvalue weighted by molar-refractivity contribution is 5.59. The topological polar surface area (TPSA) is 52.4 Å². The van der Waals surface area contributed by atoms with Gasteiger partial charge in [0.15, 0.2) is 6.23 Å². The van der Waals surface area contributed by atoms with E-state index in [1.807, 2.05) is 30.5 Å². The second-order valence-corrected chi connectivity index (χ2v) is 6.06. The number of aromatic nitrogens is 3. The van der Waals surface area contributed by atoms with E-state index in [1.54, 1.807) is 23.9 Å². The van der Waals surface area contributed by atoms with Crippen LogP contribution in [0.4, 0.5) is 10.1 Å². The lowest BCUT2D eigenvalue weighted by Gasteiger charge is -2.25. The van der Waals surface area contributed by atoms with Crippen molar-refractivity contribution >= 4 is 5.69 Å². The maximum Gasteiger partial charge on any atom is 0.177 e. The quantitative estimate of drug-likeness (QED) is 0.705. The minimum absolute atomic E-state index is 0.250. The first-order chi connectivity index (χ1) is 12.7. The molecule has 1 aliphatic heterocycles. The molecule has 2 heterocycles. The fraction of sp³-hybridized carbons (Fsp3) is 0.263. The molecule has 1 aromatic heterocycles. The summed E-state index contributed by atoms with van der Waals surface area (Å²) in [5, 5.41) is 8.46. The molecule has 1 atom stereocenters. The van der Waals surface area contributed by atoms with E-state index in [1.165, 1.54) is 12.1 Å². The van der Waals surface area contributed by atoms with Crippen molar-refractivity contribution in [1.29, 1.82) is 0 Å². The molecule has 1 saturated heterocycles. The zero-order valence-electron chi connectivity index (χ0n) is 14.4. The Morgan fingerprint density at radius 2 is 2.00 bits per heavy atom.